The first-order valence-electron chi connectivity index (χ1n) is 3.47. The van der Waals surface area contributed by atoms with Crippen LogP contribution in [0.3, 0.4) is 0 Å². The van der Waals surface area contributed by atoms with Crippen molar-refractivity contribution < 1.29 is 14.7 Å². The van der Waals surface area contributed by atoms with Gasteiger partial charge in [-0.05, 0) is 11.5 Å². The van der Waals surface area contributed by atoms with Crippen molar-refractivity contribution in [3.63, 3.8) is 0 Å². The second kappa shape index (κ2) is 4.51. The highest BCUT2D eigenvalue weighted by atomic mass is 32.1. The molecule has 0 spiro atoms. The molecule has 0 aliphatic heterocycles. The Morgan fingerprint density at radius 1 is 1.62 bits per heavy atom. The molecule has 13 heavy (non-hydrogen) atoms. The molecule has 0 atom stereocenters. The number of carboxylic acid groups (broad SMARTS) is 1. The number of aliphatic carboxylic acids is 1. The van der Waals surface area contributed by atoms with E-state index < -0.39 is 5.97 Å². The number of amides is 1. The minimum Gasteiger partial charge on any atom is -0.481 e. The fraction of sp³-hybridized carbons (Fsp3) is 0.333. The highest BCUT2D eigenvalue weighted by molar-refractivity contribution is 7.07. The summed E-state index contributed by atoms with van der Waals surface area (Å²) in [7, 11) is 0. The van der Waals surface area contributed by atoms with Gasteiger partial charge in [-0.3, -0.25) is 9.59 Å². The van der Waals surface area contributed by atoms with E-state index in [0.29, 0.717) is 4.88 Å². The molecule has 0 saturated heterocycles. The maximum atomic E-state index is 11.1. The summed E-state index contributed by atoms with van der Waals surface area (Å²) in [6, 6.07) is 0. The van der Waals surface area contributed by atoms with Gasteiger partial charge < -0.3 is 10.4 Å². The lowest BCUT2D eigenvalue weighted by Gasteiger charge is -1.98. The maximum Gasteiger partial charge on any atom is 0.305 e. The van der Waals surface area contributed by atoms with Crippen molar-refractivity contribution in [2.45, 2.75) is 6.42 Å². The minimum atomic E-state index is -0.942. The molecule has 1 aromatic heterocycles. The zero-order valence-electron chi connectivity index (χ0n) is 6.56. The summed E-state index contributed by atoms with van der Waals surface area (Å²) in [5.41, 5.74) is 0. The van der Waals surface area contributed by atoms with Gasteiger partial charge in [-0.25, -0.2) is 0 Å². The van der Waals surface area contributed by atoms with Crippen LogP contribution in [0.4, 0.5) is 0 Å². The van der Waals surface area contributed by atoms with Crippen LogP contribution in [0.5, 0.6) is 0 Å². The predicted octanol–water partition coefficient (Wildman–Crippen LogP) is -0.257. The average molecular weight is 201 g/mol. The first-order valence-corrected chi connectivity index (χ1v) is 4.25. The van der Waals surface area contributed by atoms with Crippen molar-refractivity contribution in [1.82, 2.24) is 14.9 Å². The Morgan fingerprint density at radius 2 is 2.38 bits per heavy atom. The number of carboxylic acids is 1. The molecule has 0 aliphatic carbocycles. The zero-order chi connectivity index (χ0) is 9.68. The molecular formula is C6H7N3O3S. The third-order valence-electron chi connectivity index (χ3n) is 1.21. The Kier molecular flexibility index (Phi) is 3.32. The molecule has 1 aromatic rings. The summed E-state index contributed by atoms with van der Waals surface area (Å²) in [6.07, 6.45) is 1.25. The Bertz CT molecular complexity index is 298. The van der Waals surface area contributed by atoms with E-state index in [-0.39, 0.29) is 18.9 Å². The van der Waals surface area contributed by atoms with Gasteiger partial charge in [0, 0.05) is 6.54 Å². The number of nitrogens with one attached hydrogen (secondary N) is 1. The van der Waals surface area contributed by atoms with Gasteiger partial charge in [-0.1, -0.05) is 4.49 Å². The van der Waals surface area contributed by atoms with Gasteiger partial charge in [0.2, 0.25) is 0 Å². The fourth-order valence-corrected chi connectivity index (χ4v) is 1.07. The highest BCUT2D eigenvalue weighted by Crippen LogP contribution is 2.00. The van der Waals surface area contributed by atoms with Crippen LogP contribution in [0, 0.1) is 0 Å². The van der Waals surface area contributed by atoms with Gasteiger partial charge in [0.1, 0.15) is 4.88 Å². The van der Waals surface area contributed by atoms with Gasteiger partial charge in [0.15, 0.2) is 0 Å². The molecule has 70 valence electrons. The normalized spacial score (nSPS) is 9.54. The topological polar surface area (TPSA) is 92.2 Å². The Morgan fingerprint density at radius 3 is 2.92 bits per heavy atom. The molecule has 1 amide bonds. The number of carbonyl (C=O) groups excluding carboxylic acids is 1. The fourth-order valence-electron chi connectivity index (χ4n) is 0.637. The van der Waals surface area contributed by atoms with Crippen molar-refractivity contribution in [3.8, 4) is 0 Å². The molecule has 0 bridgehead atoms. The van der Waals surface area contributed by atoms with Gasteiger partial charge in [0.05, 0.1) is 12.6 Å². The summed E-state index contributed by atoms with van der Waals surface area (Å²) in [5.74, 6) is -1.28. The Labute approximate surface area is 77.7 Å². The van der Waals surface area contributed by atoms with E-state index in [1.807, 2.05) is 0 Å². The predicted molar refractivity (Wildman–Crippen MR) is 44.5 cm³/mol. The monoisotopic (exact) mass is 201 g/mol. The van der Waals surface area contributed by atoms with Crippen molar-refractivity contribution in [2.24, 2.45) is 0 Å². The van der Waals surface area contributed by atoms with E-state index in [4.69, 9.17) is 5.11 Å². The highest BCUT2D eigenvalue weighted by Gasteiger charge is 2.07. The third kappa shape index (κ3) is 3.16. The number of hydrogen-bond donors (Lipinski definition) is 2. The van der Waals surface area contributed by atoms with Crippen LogP contribution in [-0.2, 0) is 4.79 Å². The van der Waals surface area contributed by atoms with E-state index in [9.17, 15) is 9.59 Å². The molecule has 0 saturated carbocycles. The van der Waals surface area contributed by atoms with E-state index in [1.165, 1.54) is 6.20 Å². The molecule has 0 fully saturated rings. The van der Waals surface area contributed by atoms with Crippen LogP contribution in [-0.4, -0.2) is 33.1 Å². The quantitative estimate of drug-likeness (QED) is 0.700. The standard InChI is InChI=1S/C6H7N3O3S/c10-5(11)1-2-7-6(12)4-3-8-9-13-4/h3H,1-2H2,(H,7,12)(H,10,11). The van der Waals surface area contributed by atoms with Crippen LogP contribution >= 0.6 is 11.5 Å². The molecule has 1 heterocycles. The van der Waals surface area contributed by atoms with Crippen molar-refractivity contribution >= 4 is 23.4 Å². The summed E-state index contributed by atoms with van der Waals surface area (Å²) in [4.78, 5) is 21.6. The molecule has 0 radical (unpaired) electrons. The van der Waals surface area contributed by atoms with Crippen LogP contribution in [0.2, 0.25) is 0 Å². The molecular weight excluding hydrogens is 194 g/mol. The summed E-state index contributed by atoms with van der Waals surface area (Å²) in [5, 5.41) is 14.2. The SMILES string of the molecule is O=C(O)CCNC(=O)c1cnns1. The molecule has 7 heteroatoms. The molecule has 6 nitrogen and oxygen atoms in total. The first-order chi connectivity index (χ1) is 6.20. The first kappa shape index (κ1) is 9.59. The smallest absolute Gasteiger partial charge is 0.305 e. The largest absolute Gasteiger partial charge is 0.481 e. The average Bonchev–Trinajstić information content (AvgIpc) is 2.55. The summed E-state index contributed by atoms with van der Waals surface area (Å²) in [6.45, 7) is 0.117. The zero-order valence-corrected chi connectivity index (χ0v) is 7.37. The molecule has 1 rings (SSSR count). The van der Waals surface area contributed by atoms with E-state index in [1.54, 1.807) is 0 Å². The van der Waals surface area contributed by atoms with Gasteiger partial charge >= 0.3 is 5.97 Å². The van der Waals surface area contributed by atoms with Gasteiger partial charge in [0.25, 0.3) is 5.91 Å². The second-order valence-electron chi connectivity index (χ2n) is 2.18. The lowest BCUT2D eigenvalue weighted by atomic mass is 10.4. The van der Waals surface area contributed by atoms with Crippen LogP contribution < -0.4 is 5.32 Å². The molecule has 0 aliphatic rings. The number of nitrogens with zero attached hydrogens (tertiary/aromatic N) is 2. The molecule has 0 unspecified atom stereocenters. The number of rotatable bonds is 4. The van der Waals surface area contributed by atoms with E-state index >= 15 is 0 Å². The lowest BCUT2D eigenvalue weighted by molar-refractivity contribution is -0.136. The van der Waals surface area contributed by atoms with E-state index in [0.717, 1.165) is 11.5 Å². The van der Waals surface area contributed by atoms with Crippen molar-refractivity contribution in [2.75, 3.05) is 6.54 Å². The van der Waals surface area contributed by atoms with Crippen molar-refractivity contribution in [3.05, 3.63) is 11.1 Å². The van der Waals surface area contributed by atoms with Gasteiger partial charge in [-0.2, -0.15) is 0 Å². The Hall–Kier alpha value is -1.50. The van der Waals surface area contributed by atoms with E-state index in [2.05, 4.69) is 14.9 Å². The molecule has 2 N–H and O–H groups in total. The van der Waals surface area contributed by atoms with Crippen LogP contribution in [0.15, 0.2) is 6.20 Å². The summed E-state index contributed by atoms with van der Waals surface area (Å²) < 4.78 is 3.50. The van der Waals surface area contributed by atoms with Crippen molar-refractivity contribution in [1.29, 1.82) is 0 Å². The number of hydrogen-bond acceptors (Lipinski definition) is 5. The van der Waals surface area contributed by atoms with Crippen LogP contribution in [0.1, 0.15) is 16.1 Å². The Balaban J connectivity index is 2.31. The van der Waals surface area contributed by atoms with Crippen LogP contribution in [0.25, 0.3) is 0 Å². The lowest BCUT2D eigenvalue weighted by Crippen LogP contribution is -2.25. The van der Waals surface area contributed by atoms with Gasteiger partial charge in [-0.15, -0.1) is 5.10 Å². The number of aromatic nitrogens is 2. The maximum absolute atomic E-state index is 11.1. The number of carbonyl (C=O) groups is 2. The summed E-state index contributed by atoms with van der Waals surface area (Å²) >= 11 is 0.969. The second-order valence-corrected chi connectivity index (χ2v) is 2.97. The third-order valence-corrected chi connectivity index (χ3v) is 1.87. The minimum absolute atomic E-state index is 0.0853. The molecule has 0 aromatic carbocycles.